The average molecular weight is 336 g/mol. The number of benzene rings is 2. The minimum absolute atomic E-state index is 0.152. The van der Waals surface area contributed by atoms with Crippen LogP contribution < -0.4 is 0 Å². The fourth-order valence-electron chi connectivity index (χ4n) is 2.76. The van der Waals surface area contributed by atoms with Crippen molar-refractivity contribution in [2.24, 2.45) is 0 Å². The second-order valence-corrected chi connectivity index (χ2v) is 6.10. The third kappa shape index (κ3) is 2.51. The first-order valence-corrected chi connectivity index (χ1v) is 7.90. The number of rotatable bonds is 2. The molecule has 4 rings (SSSR count). The lowest BCUT2D eigenvalue weighted by atomic mass is 10.1. The molecule has 0 unspecified atom stereocenters. The predicted molar refractivity (Wildman–Crippen MR) is 95.3 cm³/mol. The fourth-order valence-corrected chi connectivity index (χ4v) is 2.93. The Bertz CT molecular complexity index is 1060. The molecule has 0 atom stereocenters. The van der Waals surface area contributed by atoms with Crippen molar-refractivity contribution >= 4 is 17.2 Å². The van der Waals surface area contributed by atoms with Gasteiger partial charge in [-0.2, -0.15) is 5.10 Å². The predicted octanol–water partition coefficient (Wildman–Crippen LogP) is 4.73. The van der Waals surface area contributed by atoms with E-state index in [0.717, 1.165) is 17.0 Å². The molecule has 0 amide bonds. The van der Waals surface area contributed by atoms with Crippen LogP contribution in [0.15, 0.2) is 60.8 Å². The molecule has 0 aliphatic rings. The summed E-state index contributed by atoms with van der Waals surface area (Å²) in [5.74, 6) is 0.152. The van der Waals surface area contributed by atoms with Crippen molar-refractivity contribution in [2.75, 3.05) is 0 Å². The second kappa shape index (κ2) is 5.65. The molecule has 4 nitrogen and oxygen atoms in total. The maximum absolute atomic E-state index is 10.2. The van der Waals surface area contributed by atoms with E-state index in [0.29, 0.717) is 16.2 Å². The topological polar surface area (TPSA) is 50.4 Å². The van der Waals surface area contributed by atoms with E-state index in [-0.39, 0.29) is 5.75 Å². The number of nitrogens with zero attached hydrogens (tertiary/aromatic N) is 3. The first-order chi connectivity index (χ1) is 11.6. The van der Waals surface area contributed by atoms with Crippen LogP contribution >= 0.6 is 11.6 Å². The zero-order chi connectivity index (χ0) is 16.7. The van der Waals surface area contributed by atoms with Crippen LogP contribution in [-0.2, 0) is 0 Å². The first-order valence-electron chi connectivity index (χ1n) is 7.52. The zero-order valence-corrected chi connectivity index (χ0v) is 13.7. The van der Waals surface area contributed by atoms with Crippen molar-refractivity contribution in [3.63, 3.8) is 0 Å². The lowest BCUT2D eigenvalue weighted by Gasteiger charge is -2.07. The molecule has 2 aromatic carbocycles. The van der Waals surface area contributed by atoms with Crippen LogP contribution in [0.25, 0.3) is 28.2 Å². The van der Waals surface area contributed by atoms with Gasteiger partial charge in [-0.25, -0.2) is 9.50 Å². The maximum atomic E-state index is 10.2. The third-order valence-corrected chi connectivity index (χ3v) is 4.14. The SMILES string of the molecule is Cc1cccc(-c2cc3nccc(-c4cc(Cl)ccc4O)n3n2)c1. The molecule has 0 aliphatic carbocycles. The summed E-state index contributed by atoms with van der Waals surface area (Å²) in [6.45, 7) is 2.05. The van der Waals surface area contributed by atoms with Gasteiger partial charge in [0.05, 0.1) is 11.4 Å². The van der Waals surface area contributed by atoms with E-state index in [4.69, 9.17) is 11.6 Å². The van der Waals surface area contributed by atoms with E-state index in [1.807, 2.05) is 37.3 Å². The van der Waals surface area contributed by atoms with E-state index in [9.17, 15) is 5.11 Å². The van der Waals surface area contributed by atoms with Crippen LogP contribution in [0.4, 0.5) is 0 Å². The van der Waals surface area contributed by atoms with Crippen molar-refractivity contribution in [1.29, 1.82) is 0 Å². The smallest absolute Gasteiger partial charge is 0.156 e. The van der Waals surface area contributed by atoms with Gasteiger partial charge in [-0.1, -0.05) is 35.4 Å². The molecule has 5 heteroatoms. The number of hydrogen-bond acceptors (Lipinski definition) is 3. The summed E-state index contributed by atoms with van der Waals surface area (Å²) in [5, 5.41) is 15.4. The molecule has 0 radical (unpaired) electrons. The highest BCUT2D eigenvalue weighted by atomic mass is 35.5. The lowest BCUT2D eigenvalue weighted by Crippen LogP contribution is -1.96. The van der Waals surface area contributed by atoms with E-state index in [1.165, 1.54) is 5.56 Å². The van der Waals surface area contributed by atoms with Gasteiger partial charge in [0, 0.05) is 28.4 Å². The maximum Gasteiger partial charge on any atom is 0.156 e. The summed E-state index contributed by atoms with van der Waals surface area (Å²) in [6, 6.07) is 16.8. The Morgan fingerprint density at radius 2 is 1.92 bits per heavy atom. The Morgan fingerprint density at radius 1 is 1.04 bits per heavy atom. The number of fused-ring (bicyclic) bond motifs is 1. The summed E-state index contributed by atoms with van der Waals surface area (Å²) in [4.78, 5) is 4.37. The Hall–Kier alpha value is -2.85. The van der Waals surface area contributed by atoms with E-state index < -0.39 is 0 Å². The highest BCUT2D eigenvalue weighted by Crippen LogP contribution is 2.32. The molecule has 0 fully saturated rings. The summed E-state index contributed by atoms with van der Waals surface area (Å²) >= 11 is 6.08. The minimum atomic E-state index is 0.152. The highest BCUT2D eigenvalue weighted by Gasteiger charge is 2.13. The highest BCUT2D eigenvalue weighted by molar-refractivity contribution is 6.30. The number of aromatic hydroxyl groups is 1. The Morgan fingerprint density at radius 3 is 2.75 bits per heavy atom. The van der Waals surface area contributed by atoms with Gasteiger partial charge in [0.2, 0.25) is 0 Å². The molecule has 0 aliphatic heterocycles. The van der Waals surface area contributed by atoms with E-state index >= 15 is 0 Å². The molecule has 118 valence electrons. The van der Waals surface area contributed by atoms with Crippen LogP contribution in [0, 0.1) is 6.92 Å². The first kappa shape index (κ1) is 14.7. The van der Waals surface area contributed by atoms with Crippen LogP contribution in [0.1, 0.15) is 5.56 Å². The van der Waals surface area contributed by atoms with Crippen LogP contribution in [-0.4, -0.2) is 19.7 Å². The van der Waals surface area contributed by atoms with Gasteiger partial charge >= 0.3 is 0 Å². The van der Waals surface area contributed by atoms with Crippen molar-refractivity contribution < 1.29 is 5.11 Å². The van der Waals surface area contributed by atoms with Gasteiger partial charge in [0.25, 0.3) is 0 Å². The Labute approximate surface area is 144 Å². The van der Waals surface area contributed by atoms with Crippen molar-refractivity contribution in [3.05, 3.63) is 71.4 Å². The van der Waals surface area contributed by atoms with Crippen molar-refractivity contribution in [1.82, 2.24) is 14.6 Å². The summed E-state index contributed by atoms with van der Waals surface area (Å²) < 4.78 is 1.73. The molecule has 0 saturated heterocycles. The van der Waals surface area contributed by atoms with Crippen molar-refractivity contribution in [2.45, 2.75) is 6.92 Å². The molecular weight excluding hydrogens is 322 g/mol. The number of aryl methyl sites for hydroxylation is 1. The quantitative estimate of drug-likeness (QED) is 0.576. The zero-order valence-electron chi connectivity index (χ0n) is 12.9. The van der Waals surface area contributed by atoms with Crippen LogP contribution in [0.2, 0.25) is 5.02 Å². The number of aromatic nitrogens is 3. The average Bonchev–Trinajstić information content (AvgIpc) is 3.01. The van der Waals surface area contributed by atoms with Gasteiger partial charge in [0.15, 0.2) is 5.65 Å². The van der Waals surface area contributed by atoms with Gasteiger partial charge in [-0.05, 0) is 37.3 Å². The molecule has 0 spiro atoms. The Kier molecular flexibility index (Phi) is 3.47. The Balaban J connectivity index is 1.94. The molecule has 2 aromatic heterocycles. The fraction of sp³-hybridized carbons (Fsp3) is 0.0526. The number of halogens is 1. The van der Waals surface area contributed by atoms with Gasteiger partial charge in [-0.3, -0.25) is 0 Å². The van der Waals surface area contributed by atoms with Crippen LogP contribution in [0.3, 0.4) is 0 Å². The summed E-state index contributed by atoms with van der Waals surface area (Å²) in [5.41, 5.74) is 5.10. The summed E-state index contributed by atoms with van der Waals surface area (Å²) in [6.07, 6.45) is 1.70. The van der Waals surface area contributed by atoms with E-state index in [2.05, 4.69) is 16.1 Å². The van der Waals surface area contributed by atoms with Gasteiger partial charge in [0.1, 0.15) is 5.75 Å². The molecule has 24 heavy (non-hydrogen) atoms. The van der Waals surface area contributed by atoms with Gasteiger partial charge < -0.3 is 5.11 Å². The standard InChI is InChI=1S/C19H14ClN3O/c1-12-3-2-4-13(9-12)16-11-19-21-8-7-17(23(19)22-16)15-10-14(20)5-6-18(15)24/h2-11,24H,1H3. The minimum Gasteiger partial charge on any atom is -0.507 e. The molecule has 4 aromatic rings. The normalized spacial score (nSPS) is 11.1. The van der Waals surface area contributed by atoms with Crippen LogP contribution in [0.5, 0.6) is 5.75 Å². The largest absolute Gasteiger partial charge is 0.507 e. The number of phenolic OH excluding ortho intramolecular Hbond substituents is 1. The lowest BCUT2D eigenvalue weighted by molar-refractivity contribution is 0.477. The summed E-state index contributed by atoms with van der Waals surface area (Å²) in [7, 11) is 0. The molecule has 2 heterocycles. The molecular formula is C19H14ClN3O. The van der Waals surface area contributed by atoms with Crippen molar-refractivity contribution in [3.8, 4) is 28.3 Å². The number of phenols is 1. The molecule has 0 bridgehead atoms. The monoisotopic (exact) mass is 335 g/mol. The molecule has 0 saturated carbocycles. The molecule has 1 N–H and O–H groups in total. The third-order valence-electron chi connectivity index (χ3n) is 3.91. The van der Waals surface area contributed by atoms with E-state index in [1.54, 1.807) is 28.9 Å². The number of hydrogen-bond donors (Lipinski definition) is 1. The van der Waals surface area contributed by atoms with Gasteiger partial charge in [-0.15, -0.1) is 0 Å². The second-order valence-electron chi connectivity index (χ2n) is 5.66.